The molecule has 2 heterocycles. The number of hydrogen-bond acceptors (Lipinski definition) is 4. The molecule has 0 saturated carbocycles. The zero-order valence-corrected chi connectivity index (χ0v) is 16.1. The van der Waals surface area contributed by atoms with Gasteiger partial charge in [0.15, 0.2) is 0 Å². The average Bonchev–Trinajstić information content (AvgIpc) is 2.48. The van der Waals surface area contributed by atoms with Crippen molar-refractivity contribution in [2.24, 2.45) is 4.40 Å². The third-order valence-electron chi connectivity index (χ3n) is 4.07. The van der Waals surface area contributed by atoms with Crippen molar-refractivity contribution in [1.29, 1.82) is 0 Å². The van der Waals surface area contributed by atoms with Gasteiger partial charge in [0, 0.05) is 23.1 Å². The minimum absolute atomic E-state index is 0.375. The summed E-state index contributed by atoms with van der Waals surface area (Å²) in [5, 5.41) is 0. The van der Waals surface area contributed by atoms with E-state index < -0.39 is 11.4 Å². The topological polar surface area (TPSA) is 53.9 Å². The van der Waals surface area contributed by atoms with Crippen molar-refractivity contribution in [3.05, 3.63) is 28.2 Å². The SMILES string of the molecule is CC(C)(C)[S+]([O-])/N=C1\C[C@@]2(CCCOC2)Oc2ccc(Br)cc21. The third kappa shape index (κ3) is 3.76. The van der Waals surface area contributed by atoms with Crippen LogP contribution in [0.3, 0.4) is 0 Å². The van der Waals surface area contributed by atoms with Crippen molar-refractivity contribution in [2.45, 2.75) is 50.4 Å². The molecule has 1 unspecified atom stereocenters. The first-order chi connectivity index (χ1) is 10.8. The van der Waals surface area contributed by atoms with Crippen LogP contribution < -0.4 is 4.74 Å². The Bertz CT molecular complexity index is 621. The quantitative estimate of drug-likeness (QED) is 0.669. The molecule has 0 bridgehead atoms. The van der Waals surface area contributed by atoms with Crippen LogP contribution in [-0.2, 0) is 16.1 Å². The number of rotatable bonds is 1. The fourth-order valence-electron chi connectivity index (χ4n) is 2.85. The summed E-state index contributed by atoms with van der Waals surface area (Å²) >= 11 is 2.21. The lowest BCUT2D eigenvalue weighted by atomic mass is 9.85. The Morgan fingerprint density at radius 2 is 2.13 bits per heavy atom. The second kappa shape index (κ2) is 6.39. The molecule has 23 heavy (non-hydrogen) atoms. The highest BCUT2D eigenvalue weighted by Crippen LogP contribution is 2.40. The van der Waals surface area contributed by atoms with E-state index in [0.717, 1.165) is 40.9 Å². The second-order valence-corrected chi connectivity index (χ2v) is 9.98. The monoisotopic (exact) mass is 399 g/mol. The van der Waals surface area contributed by atoms with Crippen LogP contribution in [0.2, 0.25) is 0 Å². The van der Waals surface area contributed by atoms with Crippen LogP contribution in [0.5, 0.6) is 5.75 Å². The van der Waals surface area contributed by atoms with E-state index in [0.29, 0.717) is 13.0 Å². The summed E-state index contributed by atoms with van der Waals surface area (Å²) in [6.07, 6.45) is 2.55. The summed E-state index contributed by atoms with van der Waals surface area (Å²) < 4.78 is 29.6. The number of benzene rings is 1. The summed E-state index contributed by atoms with van der Waals surface area (Å²) in [5.41, 5.74) is 1.40. The number of halogens is 1. The van der Waals surface area contributed by atoms with Crippen LogP contribution in [0, 0.1) is 0 Å². The zero-order chi connectivity index (χ0) is 16.7. The molecule has 3 rings (SSSR count). The molecule has 1 spiro atoms. The molecule has 0 radical (unpaired) electrons. The van der Waals surface area contributed by atoms with Gasteiger partial charge in [-0.1, -0.05) is 20.3 Å². The lowest BCUT2D eigenvalue weighted by molar-refractivity contribution is -0.0661. The highest BCUT2D eigenvalue weighted by molar-refractivity contribution is 9.10. The maximum atomic E-state index is 12.5. The minimum atomic E-state index is -1.29. The zero-order valence-electron chi connectivity index (χ0n) is 13.7. The highest BCUT2D eigenvalue weighted by atomic mass is 79.9. The maximum absolute atomic E-state index is 12.5. The van der Waals surface area contributed by atoms with E-state index in [9.17, 15) is 4.55 Å². The van der Waals surface area contributed by atoms with Crippen molar-refractivity contribution in [1.82, 2.24) is 0 Å². The van der Waals surface area contributed by atoms with E-state index in [4.69, 9.17) is 9.47 Å². The van der Waals surface area contributed by atoms with Crippen molar-refractivity contribution in [2.75, 3.05) is 13.2 Å². The fraction of sp³-hybridized carbons (Fsp3) is 0.588. The first-order valence-corrected chi connectivity index (χ1v) is 9.75. The van der Waals surface area contributed by atoms with Crippen LogP contribution in [0.1, 0.15) is 45.6 Å². The van der Waals surface area contributed by atoms with Crippen LogP contribution in [0.25, 0.3) is 0 Å². The largest absolute Gasteiger partial charge is 0.591 e. The minimum Gasteiger partial charge on any atom is -0.591 e. The first-order valence-electron chi connectivity index (χ1n) is 7.85. The predicted molar refractivity (Wildman–Crippen MR) is 96.6 cm³/mol. The summed E-state index contributed by atoms with van der Waals surface area (Å²) in [4.78, 5) is 0. The Kier molecular flexibility index (Phi) is 4.80. The molecule has 1 fully saturated rings. The maximum Gasteiger partial charge on any atom is 0.144 e. The van der Waals surface area contributed by atoms with Gasteiger partial charge in [0.2, 0.25) is 0 Å². The van der Waals surface area contributed by atoms with Gasteiger partial charge in [-0.15, -0.1) is 0 Å². The van der Waals surface area contributed by atoms with Gasteiger partial charge in [-0.25, -0.2) is 0 Å². The number of ether oxygens (including phenoxy) is 2. The smallest absolute Gasteiger partial charge is 0.144 e. The molecule has 2 aliphatic heterocycles. The fourth-order valence-corrected chi connectivity index (χ4v) is 3.85. The van der Waals surface area contributed by atoms with E-state index in [1.807, 2.05) is 39.0 Å². The Labute approximate surface area is 149 Å². The first kappa shape index (κ1) is 17.3. The summed E-state index contributed by atoms with van der Waals surface area (Å²) in [7, 11) is 0. The van der Waals surface area contributed by atoms with Crippen LogP contribution >= 0.6 is 15.9 Å². The molecular weight excluding hydrogens is 378 g/mol. The Morgan fingerprint density at radius 1 is 1.35 bits per heavy atom. The Hall–Kier alpha value is -0.560. The molecule has 2 aliphatic rings. The summed E-state index contributed by atoms with van der Waals surface area (Å²) in [5.74, 6) is 0.801. The number of nitrogens with zero attached hydrogens (tertiary/aromatic N) is 1. The van der Waals surface area contributed by atoms with Gasteiger partial charge in [-0.05, 0) is 51.8 Å². The highest BCUT2D eigenvalue weighted by Gasteiger charge is 2.42. The molecule has 0 N–H and O–H groups in total. The lowest BCUT2D eigenvalue weighted by Crippen LogP contribution is -2.49. The predicted octanol–water partition coefficient (Wildman–Crippen LogP) is 4.03. The van der Waals surface area contributed by atoms with Crippen LogP contribution in [0.15, 0.2) is 27.1 Å². The average molecular weight is 400 g/mol. The molecule has 1 saturated heterocycles. The van der Waals surface area contributed by atoms with Gasteiger partial charge in [-0.3, -0.25) is 0 Å². The molecule has 126 valence electrons. The van der Waals surface area contributed by atoms with Crippen molar-refractivity contribution >= 4 is 33.0 Å². The van der Waals surface area contributed by atoms with E-state index in [-0.39, 0.29) is 10.3 Å². The van der Waals surface area contributed by atoms with Crippen LogP contribution in [-0.4, -0.2) is 33.8 Å². The molecule has 2 atom stereocenters. The Balaban J connectivity index is 2.02. The molecular formula is C17H22BrNO3S. The standard InChI is InChI=1S/C17H22BrNO3S/c1-16(2,3)23(20)19-14-10-17(7-4-8-21-11-17)22-15-6-5-12(18)9-13(14)15/h5-6,9H,4,7-8,10-11H2,1-3H3/b19-14+/t17-,23?/m1/s1. The number of fused-ring (bicyclic) bond motifs is 1. The van der Waals surface area contributed by atoms with Crippen molar-refractivity contribution in [3.63, 3.8) is 0 Å². The van der Waals surface area contributed by atoms with Gasteiger partial charge >= 0.3 is 0 Å². The molecule has 1 aromatic carbocycles. The van der Waals surface area contributed by atoms with E-state index in [1.54, 1.807) is 0 Å². The molecule has 6 heteroatoms. The second-order valence-electron chi connectivity index (χ2n) is 7.16. The normalized spacial score (nSPS) is 27.6. The van der Waals surface area contributed by atoms with Crippen LogP contribution in [0.4, 0.5) is 0 Å². The van der Waals surface area contributed by atoms with Crippen molar-refractivity contribution in [3.8, 4) is 5.75 Å². The van der Waals surface area contributed by atoms with Gasteiger partial charge in [0.25, 0.3) is 0 Å². The Morgan fingerprint density at radius 3 is 2.78 bits per heavy atom. The van der Waals surface area contributed by atoms with Crippen molar-refractivity contribution < 1.29 is 14.0 Å². The summed E-state index contributed by atoms with van der Waals surface area (Å²) in [6, 6.07) is 5.90. The van der Waals surface area contributed by atoms with E-state index >= 15 is 0 Å². The molecule has 0 aliphatic carbocycles. The molecule has 4 nitrogen and oxygen atoms in total. The van der Waals surface area contributed by atoms with Gasteiger partial charge < -0.3 is 14.0 Å². The van der Waals surface area contributed by atoms with Gasteiger partial charge in [-0.2, -0.15) is 0 Å². The molecule has 0 aromatic heterocycles. The number of hydrogen-bond donors (Lipinski definition) is 0. The van der Waals surface area contributed by atoms with Gasteiger partial charge in [0.05, 0.1) is 6.61 Å². The van der Waals surface area contributed by atoms with E-state index in [1.165, 1.54) is 0 Å². The lowest BCUT2D eigenvalue weighted by Gasteiger charge is -2.41. The molecule has 0 amide bonds. The molecule has 1 aromatic rings. The van der Waals surface area contributed by atoms with Gasteiger partial charge in [0.1, 0.15) is 33.2 Å². The summed E-state index contributed by atoms with van der Waals surface area (Å²) in [6.45, 7) is 7.15. The third-order valence-corrected chi connectivity index (χ3v) is 6.00. The van der Waals surface area contributed by atoms with E-state index in [2.05, 4.69) is 20.3 Å².